The van der Waals surface area contributed by atoms with E-state index >= 15 is 4.39 Å². The number of aryl methyl sites for hydroxylation is 1. The Bertz CT molecular complexity index is 1130. The number of methoxy groups -OCH3 is 1. The normalized spacial score (nSPS) is 21.3. The summed E-state index contributed by atoms with van der Waals surface area (Å²) in [7, 11) is 1.68. The lowest BCUT2D eigenvalue weighted by Gasteiger charge is -2.31. The first-order valence-corrected chi connectivity index (χ1v) is 14.0. The number of carbonyl (C=O) groups is 1. The molecule has 0 aromatic carbocycles. The number of aliphatic carboxylic acids is 1. The van der Waals surface area contributed by atoms with Gasteiger partial charge in [0.1, 0.15) is 29.6 Å². The number of carboxylic acids is 1. The molecule has 4 heterocycles. The molecule has 3 atom stereocenters. The Morgan fingerprint density at radius 3 is 2.84 bits per heavy atom. The van der Waals surface area contributed by atoms with E-state index in [1.54, 1.807) is 12.0 Å². The maximum absolute atomic E-state index is 15.3. The minimum Gasteiger partial charge on any atom is -0.496 e. The number of unbranched alkanes of at least 4 members (excludes halogenated alkanes) is 1. The summed E-state index contributed by atoms with van der Waals surface area (Å²) in [5, 5.41) is 13.4. The van der Waals surface area contributed by atoms with Crippen LogP contribution in [0, 0.1) is 11.7 Å². The van der Waals surface area contributed by atoms with Gasteiger partial charge in [0, 0.05) is 53.5 Å². The van der Waals surface area contributed by atoms with Gasteiger partial charge in [0.25, 0.3) is 0 Å². The lowest BCUT2D eigenvalue weighted by molar-refractivity contribution is -0.143. The first kappa shape index (κ1) is 26.8. The van der Waals surface area contributed by atoms with Crippen molar-refractivity contribution < 1.29 is 23.4 Å². The number of carboxylic acid groups (broad SMARTS) is 1. The van der Waals surface area contributed by atoms with Crippen molar-refractivity contribution >= 4 is 11.8 Å². The fourth-order valence-electron chi connectivity index (χ4n) is 6.19. The molecule has 2 fully saturated rings. The quantitative estimate of drug-likeness (QED) is 0.375. The molecule has 0 spiro atoms. The molecule has 0 bridgehead atoms. The van der Waals surface area contributed by atoms with E-state index in [0.29, 0.717) is 37.2 Å². The molecule has 1 saturated carbocycles. The molecule has 5 rings (SSSR count). The van der Waals surface area contributed by atoms with E-state index in [1.165, 1.54) is 12.3 Å². The van der Waals surface area contributed by atoms with Crippen LogP contribution in [0.2, 0.25) is 0 Å². The fourth-order valence-corrected chi connectivity index (χ4v) is 6.19. The van der Waals surface area contributed by atoms with Gasteiger partial charge in [0.05, 0.1) is 13.3 Å². The second-order valence-corrected chi connectivity index (χ2v) is 11.0. The molecule has 3 aliphatic rings. The summed E-state index contributed by atoms with van der Waals surface area (Å²) in [5.41, 5.74) is 3.20. The second kappa shape index (κ2) is 11.9. The van der Waals surface area contributed by atoms with Crippen molar-refractivity contribution in [2.75, 3.05) is 32.1 Å². The molecule has 1 saturated heterocycles. The number of fused-ring (bicyclic) bond motifs is 1. The third-order valence-electron chi connectivity index (χ3n) is 8.48. The van der Waals surface area contributed by atoms with E-state index in [1.807, 2.05) is 6.07 Å². The Hall–Kier alpha value is -2.81. The van der Waals surface area contributed by atoms with E-state index in [9.17, 15) is 14.3 Å². The molecule has 0 amide bonds. The van der Waals surface area contributed by atoms with Gasteiger partial charge in [-0.25, -0.2) is 13.8 Å². The van der Waals surface area contributed by atoms with Crippen molar-refractivity contribution in [1.29, 1.82) is 0 Å². The monoisotopic (exact) mass is 528 g/mol. The van der Waals surface area contributed by atoms with Crippen molar-refractivity contribution in [3.8, 4) is 5.75 Å². The largest absolute Gasteiger partial charge is 0.496 e. The van der Waals surface area contributed by atoms with E-state index in [0.717, 1.165) is 80.7 Å². The topological polar surface area (TPSA) is 87.6 Å². The van der Waals surface area contributed by atoms with Crippen molar-refractivity contribution in [1.82, 2.24) is 14.9 Å². The van der Waals surface area contributed by atoms with Crippen molar-refractivity contribution in [2.24, 2.45) is 5.92 Å². The minimum atomic E-state index is -1.03. The molecule has 7 nitrogen and oxygen atoms in total. The van der Waals surface area contributed by atoms with E-state index in [2.05, 4.69) is 10.3 Å². The van der Waals surface area contributed by atoms with Crippen LogP contribution in [0.1, 0.15) is 85.8 Å². The number of halogens is 2. The Morgan fingerprint density at radius 1 is 1.26 bits per heavy atom. The van der Waals surface area contributed by atoms with Crippen LogP contribution < -0.4 is 10.1 Å². The Morgan fingerprint density at radius 2 is 2.11 bits per heavy atom. The summed E-state index contributed by atoms with van der Waals surface area (Å²) in [6.07, 6.45) is 8.50. The third kappa shape index (κ3) is 5.77. The zero-order valence-electron chi connectivity index (χ0n) is 22.1. The fraction of sp³-hybridized carbons (Fsp3) is 0.621. The molecule has 1 unspecified atom stereocenters. The highest BCUT2D eigenvalue weighted by atomic mass is 19.1. The molecular formula is C29H38F2N4O3. The van der Waals surface area contributed by atoms with Crippen LogP contribution in [-0.4, -0.2) is 58.9 Å². The number of alkyl halides is 1. The summed E-state index contributed by atoms with van der Waals surface area (Å²) < 4.78 is 35.0. The highest BCUT2D eigenvalue weighted by Gasteiger charge is 2.39. The highest BCUT2D eigenvalue weighted by molar-refractivity contribution is 5.76. The summed E-state index contributed by atoms with van der Waals surface area (Å²) in [6.45, 7) is 1.75. The van der Waals surface area contributed by atoms with Gasteiger partial charge in [-0.15, -0.1) is 0 Å². The van der Waals surface area contributed by atoms with Gasteiger partial charge >= 0.3 is 5.97 Å². The highest BCUT2D eigenvalue weighted by Crippen LogP contribution is 2.41. The first-order valence-electron chi connectivity index (χ1n) is 14.0. The van der Waals surface area contributed by atoms with Crippen LogP contribution in [0.4, 0.5) is 14.6 Å². The number of nitrogens with zero attached hydrogens (tertiary/aromatic N) is 3. The van der Waals surface area contributed by atoms with E-state index < -0.39 is 24.0 Å². The van der Waals surface area contributed by atoms with Crippen molar-refractivity contribution in [3.05, 3.63) is 46.7 Å². The number of aromatic nitrogens is 2. The van der Waals surface area contributed by atoms with E-state index in [-0.39, 0.29) is 11.8 Å². The van der Waals surface area contributed by atoms with Gasteiger partial charge in [0.15, 0.2) is 0 Å². The predicted octanol–water partition coefficient (Wildman–Crippen LogP) is 5.45. The maximum Gasteiger partial charge on any atom is 0.325 e. The van der Waals surface area contributed by atoms with Crippen molar-refractivity contribution in [3.63, 3.8) is 0 Å². The van der Waals surface area contributed by atoms with Crippen LogP contribution in [-0.2, 0) is 17.6 Å². The summed E-state index contributed by atoms with van der Waals surface area (Å²) >= 11 is 0. The van der Waals surface area contributed by atoms with Crippen LogP contribution in [0.5, 0.6) is 5.75 Å². The lowest BCUT2D eigenvalue weighted by Crippen LogP contribution is -2.35. The van der Waals surface area contributed by atoms with Crippen LogP contribution in [0.15, 0.2) is 18.3 Å². The maximum atomic E-state index is 15.3. The number of nitrogens with one attached hydrogen (secondary N) is 1. The molecule has 2 aromatic heterocycles. The van der Waals surface area contributed by atoms with Crippen molar-refractivity contribution in [2.45, 2.75) is 82.3 Å². The lowest BCUT2D eigenvalue weighted by atomic mass is 9.80. The van der Waals surface area contributed by atoms with Gasteiger partial charge in [-0.1, -0.05) is 12.8 Å². The molecule has 206 valence electrons. The number of likely N-dealkylation sites (tertiary alicyclic amines) is 1. The molecule has 2 N–H and O–H groups in total. The number of ether oxygens (including phenoxy) is 1. The van der Waals surface area contributed by atoms with Gasteiger partial charge in [-0.3, -0.25) is 14.7 Å². The average molecular weight is 529 g/mol. The number of hydrogen-bond acceptors (Lipinski definition) is 6. The molecule has 38 heavy (non-hydrogen) atoms. The molecule has 2 aliphatic heterocycles. The number of anilines is 1. The van der Waals surface area contributed by atoms with Crippen LogP contribution in [0.25, 0.3) is 0 Å². The van der Waals surface area contributed by atoms with Gasteiger partial charge in [-0.2, -0.15) is 0 Å². The van der Waals surface area contributed by atoms with Gasteiger partial charge < -0.3 is 15.2 Å². The molecule has 9 heteroatoms. The predicted molar refractivity (Wildman–Crippen MR) is 141 cm³/mol. The number of pyridine rings is 2. The third-order valence-corrected chi connectivity index (χ3v) is 8.48. The summed E-state index contributed by atoms with van der Waals surface area (Å²) in [6, 6.07) is 2.32. The smallest absolute Gasteiger partial charge is 0.325 e. The minimum absolute atomic E-state index is 0.181. The molecule has 1 aliphatic carbocycles. The van der Waals surface area contributed by atoms with Crippen LogP contribution >= 0.6 is 0 Å². The molecule has 2 aromatic rings. The van der Waals surface area contributed by atoms with E-state index in [4.69, 9.17) is 9.72 Å². The standard InChI is InChI=1S/C29H38F2N4O3/c1-38-25-15-21(34-28-22(25)9-5-12-32-28)8-2-3-10-24(31)19-11-13-35(17-19)27(29(36)37)23-14-20(30)16-33-26(23)18-6-4-7-18/h14-16,18-19,24,27H,2-13,17H2,1H3,(H,32,34)(H,36,37)/t19-,24?,27+/m1/s1. The summed E-state index contributed by atoms with van der Waals surface area (Å²) in [4.78, 5) is 23.2. The average Bonchev–Trinajstić information content (AvgIpc) is 3.36. The zero-order chi connectivity index (χ0) is 26.6. The van der Waals surface area contributed by atoms with Crippen LogP contribution in [0.3, 0.4) is 0 Å². The molecule has 0 radical (unpaired) electrons. The summed E-state index contributed by atoms with van der Waals surface area (Å²) in [5.74, 6) is 0.166. The van der Waals surface area contributed by atoms with Gasteiger partial charge in [0.2, 0.25) is 0 Å². The second-order valence-electron chi connectivity index (χ2n) is 11.0. The Labute approximate surface area is 223 Å². The Kier molecular flexibility index (Phi) is 8.41. The van der Waals surface area contributed by atoms with Gasteiger partial charge in [-0.05, 0) is 64.0 Å². The SMILES string of the molecule is COc1cc(CCCCC(F)[C@@H]2CCN([C@H](C(=O)O)c3cc(F)cnc3C3CCC3)C2)nc2c1CCCN2. The number of rotatable bonds is 11. The first-order chi connectivity index (χ1) is 18.4. The Balaban J connectivity index is 1.16. The number of hydrogen-bond donors (Lipinski definition) is 2. The molecular weight excluding hydrogens is 490 g/mol. The zero-order valence-corrected chi connectivity index (χ0v) is 22.1.